The van der Waals surface area contributed by atoms with Gasteiger partial charge in [0.2, 0.25) is 23.6 Å². The van der Waals surface area contributed by atoms with Crippen LogP contribution in [0.15, 0.2) is 165 Å². The molecule has 8 rings (SSSR count). The summed E-state index contributed by atoms with van der Waals surface area (Å²) in [5, 5.41) is 23.7. The second kappa shape index (κ2) is 23.3. The number of nitrogens with zero attached hydrogens (tertiary/aromatic N) is 1. The number of amides is 5. The highest BCUT2D eigenvalue weighted by Crippen LogP contribution is 2.22. The summed E-state index contributed by atoms with van der Waals surface area (Å²) in [7, 11) is 0. The van der Waals surface area contributed by atoms with Crippen LogP contribution in [0.5, 0.6) is 5.75 Å². The maximum absolute atomic E-state index is 15.4. The number of aryl methyl sites for hydroxylation is 1. The highest BCUT2D eigenvalue weighted by molar-refractivity contribution is 6.01. The fourth-order valence-corrected chi connectivity index (χ4v) is 7.85. The first-order chi connectivity index (χ1) is 33.4. The molecule has 1 aromatic heterocycles. The van der Waals surface area contributed by atoms with Gasteiger partial charge in [0, 0.05) is 31.7 Å². The van der Waals surface area contributed by atoms with Gasteiger partial charge >= 0.3 is 5.97 Å². The lowest BCUT2D eigenvalue weighted by molar-refractivity contribution is -0.142. The van der Waals surface area contributed by atoms with Crippen LogP contribution in [0.4, 0.5) is 4.39 Å². The molecule has 5 atom stereocenters. The minimum atomic E-state index is -1.54. The first-order valence-corrected chi connectivity index (χ1v) is 22.4. The Kier molecular flexibility index (Phi) is 16.4. The molecule has 0 saturated heterocycles. The van der Waals surface area contributed by atoms with Gasteiger partial charge in [-0.3, -0.25) is 29.0 Å². The second-order valence-corrected chi connectivity index (χ2v) is 16.6. The molecule has 3 heterocycles. The predicted molar refractivity (Wildman–Crippen MR) is 257 cm³/mol. The molecule has 5 unspecified atom stereocenters. The van der Waals surface area contributed by atoms with Gasteiger partial charge in [-0.1, -0.05) is 122 Å². The van der Waals surface area contributed by atoms with E-state index in [1.807, 2.05) is 72.8 Å². The third kappa shape index (κ3) is 13.6. The summed E-state index contributed by atoms with van der Waals surface area (Å²) in [4.78, 5) is 88.2. The lowest BCUT2D eigenvalue weighted by atomic mass is 9.97. The van der Waals surface area contributed by atoms with Crippen molar-refractivity contribution in [2.75, 3.05) is 6.61 Å². The van der Waals surface area contributed by atoms with E-state index in [0.29, 0.717) is 23.1 Å². The van der Waals surface area contributed by atoms with Crippen molar-refractivity contribution < 1.29 is 43.0 Å². The highest BCUT2D eigenvalue weighted by Gasteiger charge is 2.34. The maximum Gasteiger partial charge on any atom is 0.326 e. The number of fused-ring (bicyclic) bond motifs is 16. The second-order valence-electron chi connectivity index (χ2n) is 16.6. The van der Waals surface area contributed by atoms with Crippen LogP contribution in [-0.2, 0) is 54.5 Å². The van der Waals surface area contributed by atoms with Gasteiger partial charge in [-0.2, -0.15) is 0 Å². The Hall–Kier alpha value is -8.46. The molecule has 0 spiro atoms. The lowest BCUT2D eigenvalue weighted by Crippen LogP contribution is -2.60. The predicted octanol–water partition coefficient (Wildman–Crippen LogP) is 5.16. The van der Waals surface area contributed by atoms with Crippen LogP contribution >= 0.6 is 0 Å². The van der Waals surface area contributed by atoms with Crippen molar-refractivity contribution >= 4 is 41.1 Å². The molecule has 69 heavy (non-hydrogen) atoms. The number of hydrogen-bond acceptors (Lipinski definition) is 8. The molecule has 0 saturated carbocycles. The Bertz CT molecular complexity index is 2760. The summed E-state index contributed by atoms with van der Waals surface area (Å²) in [5.41, 5.74) is 4.56. The number of nitrogens with one attached hydrogen (secondary N) is 5. The number of ether oxygens (including phenoxy) is 1. The van der Waals surface area contributed by atoms with E-state index in [9.17, 15) is 33.9 Å². The summed E-state index contributed by atoms with van der Waals surface area (Å²) in [5.74, 6) is -5.77. The Balaban J connectivity index is 1.24. The molecule has 14 nitrogen and oxygen atoms in total. The Labute approximate surface area is 398 Å². The molecule has 5 amide bonds. The zero-order chi connectivity index (χ0) is 48.7. The number of pyridine rings is 1. The molecule has 352 valence electrons. The van der Waals surface area contributed by atoms with Gasteiger partial charge in [0.25, 0.3) is 5.91 Å². The minimum Gasteiger partial charge on any atom is -0.484 e. The van der Waals surface area contributed by atoms with Gasteiger partial charge in [-0.05, 0) is 87.7 Å². The minimum absolute atomic E-state index is 0.0379. The van der Waals surface area contributed by atoms with Gasteiger partial charge in [-0.15, -0.1) is 0 Å². The van der Waals surface area contributed by atoms with Crippen molar-refractivity contribution in [2.45, 2.75) is 62.3 Å². The molecule has 5 aromatic carbocycles. The van der Waals surface area contributed by atoms with Crippen LogP contribution in [0.2, 0.25) is 0 Å². The number of carboxylic acids is 1. The summed E-state index contributed by atoms with van der Waals surface area (Å²) in [6, 6.07) is 34.2. The fourth-order valence-electron chi connectivity index (χ4n) is 7.85. The van der Waals surface area contributed by atoms with E-state index in [1.54, 1.807) is 54.6 Å². The van der Waals surface area contributed by atoms with Crippen molar-refractivity contribution in [3.05, 3.63) is 198 Å². The zero-order valence-electron chi connectivity index (χ0n) is 37.5. The van der Waals surface area contributed by atoms with E-state index in [4.69, 9.17) is 4.74 Å². The molecular formula is C54H51FN6O8. The molecule has 0 fully saturated rings. The van der Waals surface area contributed by atoms with E-state index < -0.39 is 78.1 Å². The quantitative estimate of drug-likeness (QED) is 0.0846. The summed E-state index contributed by atoms with van der Waals surface area (Å²) in [6.45, 7) is 3.60. The molecule has 6 N–H and O–H groups in total. The van der Waals surface area contributed by atoms with Crippen molar-refractivity contribution in [1.29, 1.82) is 0 Å². The fraction of sp³-hybridized carbons (Fsp3) is 0.204. The van der Waals surface area contributed by atoms with Crippen molar-refractivity contribution in [3.8, 4) is 16.9 Å². The first kappa shape index (κ1) is 48.5. The van der Waals surface area contributed by atoms with E-state index in [2.05, 4.69) is 38.1 Å². The molecule has 6 aromatic rings. The highest BCUT2D eigenvalue weighted by atomic mass is 19.1. The normalized spacial score (nSPS) is 18.3. The summed E-state index contributed by atoms with van der Waals surface area (Å²) < 4.78 is 21.2. The number of hydrogen-bond donors (Lipinski definition) is 6. The molecule has 2 bridgehead atoms. The number of rotatable bonds is 13. The van der Waals surface area contributed by atoms with Gasteiger partial charge in [-0.25, -0.2) is 9.18 Å². The number of benzene rings is 5. The van der Waals surface area contributed by atoms with E-state index >= 15 is 4.39 Å². The van der Waals surface area contributed by atoms with Crippen LogP contribution < -0.4 is 31.3 Å². The molecule has 2 aliphatic rings. The number of carbonyl (C=O) groups excluding carboxylic acids is 5. The van der Waals surface area contributed by atoms with Crippen LogP contribution in [0.25, 0.3) is 16.7 Å². The van der Waals surface area contributed by atoms with Gasteiger partial charge in [0.1, 0.15) is 41.8 Å². The smallest absolute Gasteiger partial charge is 0.326 e. The number of carboxylic acid groups (broad SMARTS) is 1. The Morgan fingerprint density at radius 2 is 1.30 bits per heavy atom. The largest absolute Gasteiger partial charge is 0.484 e. The monoisotopic (exact) mass is 930 g/mol. The van der Waals surface area contributed by atoms with Gasteiger partial charge in [0.15, 0.2) is 6.61 Å². The number of aliphatic carboxylic acids is 1. The van der Waals surface area contributed by atoms with Crippen molar-refractivity contribution in [1.82, 2.24) is 31.6 Å². The lowest BCUT2D eigenvalue weighted by Gasteiger charge is -2.28. The molecular weight excluding hydrogens is 880 g/mol. The Morgan fingerprint density at radius 1 is 0.696 bits per heavy atom. The molecule has 0 radical (unpaired) electrons. The van der Waals surface area contributed by atoms with Crippen LogP contribution in [0.1, 0.15) is 34.2 Å². The average Bonchev–Trinajstić information content (AvgIpc) is 3.37. The third-order valence-electron chi connectivity index (χ3n) is 11.7. The van der Waals surface area contributed by atoms with Crippen molar-refractivity contribution in [3.63, 3.8) is 0 Å². The van der Waals surface area contributed by atoms with Gasteiger partial charge < -0.3 is 36.4 Å². The van der Waals surface area contributed by atoms with Crippen LogP contribution in [-0.4, -0.2) is 82.4 Å². The molecule has 15 heteroatoms. The van der Waals surface area contributed by atoms with E-state index in [0.717, 1.165) is 16.7 Å². The van der Waals surface area contributed by atoms with Crippen LogP contribution in [0, 0.1) is 5.82 Å². The first-order valence-electron chi connectivity index (χ1n) is 22.4. The number of carbonyl (C=O) groups is 6. The van der Waals surface area contributed by atoms with Crippen molar-refractivity contribution in [2.24, 2.45) is 0 Å². The maximum atomic E-state index is 15.4. The van der Waals surface area contributed by atoms with E-state index in [1.165, 1.54) is 30.6 Å². The summed E-state index contributed by atoms with van der Waals surface area (Å²) in [6.07, 6.45) is 2.72. The SMILES string of the molecule is C=C(c1ccncc1)C1NC(=O)COc2ccc(cc2)CC(C(=O)NC(CCc2ccccc2)C(=O)O)NC(=O)C(Cc2ccccc2F)NC(=O)C(Cc2ccc(-c3ccccc3)cc2)NC1=O. The van der Waals surface area contributed by atoms with Gasteiger partial charge in [0.05, 0.1) is 0 Å². The Morgan fingerprint density at radius 3 is 1.99 bits per heavy atom. The number of aromatic nitrogens is 1. The average molecular weight is 931 g/mol. The topological polar surface area (TPSA) is 205 Å². The van der Waals surface area contributed by atoms with E-state index in [-0.39, 0.29) is 42.6 Å². The van der Waals surface area contributed by atoms with Crippen LogP contribution in [0.3, 0.4) is 0 Å². The zero-order valence-corrected chi connectivity index (χ0v) is 37.5. The third-order valence-corrected chi connectivity index (χ3v) is 11.7. The summed E-state index contributed by atoms with van der Waals surface area (Å²) >= 11 is 0. The molecule has 2 aliphatic heterocycles. The number of halogens is 1. The standard InChI is InChI=1S/C54H51FN6O8/c1-34(38-26-28-56-29-27-38)49-53(66)60-46(30-36-16-21-40(22-17-36)39-12-6-3-7-13-39)51(64)59-47(32-41-14-8-9-15-43(41)55)52(65)58-45(31-37-18-23-42(24-19-37)69-33-48(62)61-49)50(63)57-44(54(67)68)25-20-35-10-4-2-5-11-35/h2-19,21-24,26-29,44-47,49H,1,20,25,30-33H2,(H,57,63)(H,58,65)(H,59,64)(H,60,66)(H,61,62)(H,67,68). The molecule has 0 aliphatic carbocycles.